The third kappa shape index (κ3) is 2.62. The van der Waals surface area contributed by atoms with E-state index >= 15 is 0 Å². The number of halogens is 2. The number of nitriles is 1. The van der Waals surface area contributed by atoms with Crippen LogP contribution >= 0.6 is 23.2 Å². The van der Waals surface area contributed by atoms with Crippen molar-refractivity contribution in [2.24, 2.45) is 0 Å². The highest BCUT2D eigenvalue weighted by molar-refractivity contribution is 6.36. The van der Waals surface area contributed by atoms with Crippen molar-refractivity contribution in [3.8, 4) is 6.07 Å². The van der Waals surface area contributed by atoms with E-state index in [2.05, 4.69) is 0 Å². The second-order valence-electron chi connectivity index (χ2n) is 2.95. The van der Waals surface area contributed by atoms with Crippen LogP contribution in [0.25, 0.3) is 0 Å². The predicted octanol–water partition coefficient (Wildman–Crippen LogP) is 2.35. The molecule has 0 unspecified atom stereocenters. The first kappa shape index (κ1) is 11.8. The van der Waals surface area contributed by atoms with Gasteiger partial charge in [0.05, 0.1) is 6.54 Å². The van der Waals surface area contributed by atoms with Crippen LogP contribution in [0.5, 0.6) is 0 Å². The molecule has 1 aromatic rings. The van der Waals surface area contributed by atoms with Crippen LogP contribution < -0.4 is 5.56 Å². The van der Waals surface area contributed by atoms with Gasteiger partial charge in [-0.3, -0.25) is 4.79 Å². The fraction of sp³-hybridized carbons (Fsp3) is 0.200. The quantitative estimate of drug-likeness (QED) is 0.800. The maximum atomic E-state index is 11.7. The van der Waals surface area contributed by atoms with E-state index in [1.54, 1.807) is 13.0 Å². The molecule has 3 nitrogen and oxygen atoms in total. The lowest BCUT2D eigenvalue weighted by Gasteiger charge is -2.08. The molecule has 1 aromatic heterocycles. The molecule has 1 rings (SSSR count). The molecule has 1 heterocycles. The monoisotopic (exact) mass is 242 g/mol. The van der Waals surface area contributed by atoms with Crippen LogP contribution in [0.15, 0.2) is 27.5 Å². The Morgan fingerprint density at radius 3 is 2.87 bits per heavy atom. The zero-order valence-electron chi connectivity index (χ0n) is 8.00. The van der Waals surface area contributed by atoms with Gasteiger partial charge in [-0.05, 0) is 19.1 Å². The van der Waals surface area contributed by atoms with E-state index in [1.165, 1.54) is 16.2 Å². The number of aromatic nitrogens is 1. The lowest BCUT2D eigenvalue weighted by atomic mass is 10.2. The largest absolute Gasteiger partial charge is 0.306 e. The second-order valence-corrected chi connectivity index (χ2v) is 3.65. The number of nitrogens with zero attached hydrogens (tertiary/aromatic N) is 2. The van der Waals surface area contributed by atoms with Gasteiger partial charge in [0.15, 0.2) is 0 Å². The van der Waals surface area contributed by atoms with Crippen molar-refractivity contribution in [1.82, 2.24) is 4.57 Å². The highest BCUT2D eigenvalue weighted by Gasteiger charge is 2.06. The Morgan fingerprint density at radius 1 is 1.67 bits per heavy atom. The van der Waals surface area contributed by atoms with Crippen molar-refractivity contribution >= 4 is 23.2 Å². The van der Waals surface area contributed by atoms with Crippen LogP contribution in [0, 0.1) is 18.3 Å². The van der Waals surface area contributed by atoms with Gasteiger partial charge in [-0.15, -0.1) is 0 Å². The summed E-state index contributed by atoms with van der Waals surface area (Å²) in [6.07, 6.45) is 0. The van der Waals surface area contributed by atoms with Gasteiger partial charge in [-0.2, -0.15) is 5.26 Å². The van der Waals surface area contributed by atoms with E-state index in [0.717, 1.165) is 5.69 Å². The zero-order valence-corrected chi connectivity index (χ0v) is 9.51. The van der Waals surface area contributed by atoms with Crippen LogP contribution in [0.3, 0.4) is 0 Å². The van der Waals surface area contributed by atoms with Gasteiger partial charge in [0, 0.05) is 16.3 Å². The molecular formula is C10H8Cl2N2O. The molecule has 0 atom stereocenters. The van der Waals surface area contributed by atoms with E-state index in [0.29, 0.717) is 5.03 Å². The lowest BCUT2D eigenvalue weighted by Crippen LogP contribution is -2.24. The van der Waals surface area contributed by atoms with Gasteiger partial charge in [-0.1, -0.05) is 23.2 Å². The second kappa shape index (κ2) is 5.01. The van der Waals surface area contributed by atoms with Crippen molar-refractivity contribution in [3.63, 3.8) is 0 Å². The van der Waals surface area contributed by atoms with Crippen LogP contribution in [-0.4, -0.2) is 4.57 Å². The average molecular weight is 243 g/mol. The molecule has 0 N–H and O–H groups in total. The first-order chi connectivity index (χ1) is 7.10. The molecule has 78 valence electrons. The van der Waals surface area contributed by atoms with Crippen molar-refractivity contribution < 1.29 is 0 Å². The third-order valence-corrected chi connectivity index (χ3v) is 2.54. The van der Waals surface area contributed by atoms with E-state index in [-0.39, 0.29) is 17.7 Å². The summed E-state index contributed by atoms with van der Waals surface area (Å²) in [6.45, 7) is 1.95. The highest BCUT2D eigenvalue weighted by Crippen LogP contribution is 2.08. The number of rotatable bonds is 2. The van der Waals surface area contributed by atoms with Gasteiger partial charge < -0.3 is 4.57 Å². The summed E-state index contributed by atoms with van der Waals surface area (Å²) in [6, 6.07) is 5.01. The van der Waals surface area contributed by atoms with Gasteiger partial charge in [0.1, 0.15) is 11.6 Å². The van der Waals surface area contributed by atoms with E-state index in [4.69, 9.17) is 28.5 Å². The van der Waals surface area contributed by atoms with Gasteiger partial charge in [0.2, 0.25) is 0 Å². The summed E-state index contributed by atoms with van der Waals surface area (Å²) in [5.41, 5.74) is 1.68. The minimum absolute atomic E-state index is 0.0969. The normalized spacial score (nSPS) is 11.2. The molecule has 0 spiro atoms. The first-order valence-electron chi connectivity index (χ1n) is 4.15. The molecule has 0 saturated heterocycles. The van der Waals surface area contributed by atoms with Crippen LogP contribution in [0.1, 0.15) is 11.3 Å². The standard InChI is InChI=1S/C10H8Cl2N2O/c1-7-2-3-8(5-13)10(15)14(7)6-9(12)4-11/h2-4H,6H2,1H3/b9-4-. The van der Waals surface area contributed by atoms with E-state index in [1.807, 2.05) is 6.07 Å². The van der Waals surface area contributed by atoms with Crippen molar-refractivity contribution in [2.45, 2.75) is 13.5 Å². The Kier molecular flexibility index (Phi) is 3.96. The molecular weight excluding hydrogens is 235 g/mol. The van der Waals surface area contributed by atoms with Crippen molar-refractivity contribution in [3.05, 3.63) is 44.3 Å². The zero-order chi connectivity index (χ0) is 11.4. The first-order valence-corrected chi connectivity index (χ1v) is 4.97. The molecule has 0 aliphatic rings. The number of hydrogen-bond acceptors (Lipinski definition) is 2. The molecule has 0 fully saturated rings. The summed E-state index contributed by atoms with van der Waals surface area (Å²) >= 11 is 11.1. The van der Waals surface area contributed by atoms with Gasteiger partial charge in [-0.25, -0.2) is 0 Å². The number of hydrogen-bond donors (Lipinski definition) is 0. The Labute approximate surface area is 97.2 Å². The molecule has 0 radical (unpaired) electrons. The lowest BCUT2D eigenvalue weighted by molar-refractivity contribution is 0.737. The van der Waals surface area contributed by atoms with Crippen molar-refractivity contribution in [2.75, 3.05) is 0 Å². The molecule has 0 aromatic carbocycles. The smallest absolute Gasteiger partial charge is 0.268 e. The molecule has 0 aliphatic carbocycles. The number of aryl methyl sites for hydroxylation is 1. The summed E-state index contributed by atoms with van der Waals surface area (Å²) in [5.74, 6) is 0. The third-order valence-electron chi connectivity index (χ3n) is 1.94. The minimum Gasteiger partial charge on any atom is -0.306 e. The maximum Gasteiger partial charge on any atom is 0.268 e. The topological polar surface area (TPSA) is 45.8 Å². The summed E-state index contributed by atoms with van der Waals surface area (Å²) in [4.78, 5) is 11.7. The van der Waals surface area contributed by atoms with Gasteiger partial charge in [0.25, 0.3) is 5.56 Å². The molecule has 0 amide bonds. The van der Waals surface area contributed by atoms with E-state index < -0.39 is 0 Å². The van der Waals surface area contributed by atoms with Crippen LogP contribution in [-0.2, 0) is 6.54 Å². The Balaban J connectivity index is 3.29. The SMILES string of the molecule is Cc1ccc(C#N)c(=O)n1C/C(Cl)=C/Cl. The summed E-state index contributed by atoms with van der Waals surface area (Å²) in [7, 11) is 0. The maximum absolute atomic E-state index is 11.7. The molecule has 5 heteroatoms. The van der Waals surface area contributed by atoms with Crippen LogP contribution in [0.4, 0.5) is 0 Å². The Morgan fingerprint density at radius 2 is 2.33 bits per heavy atom. The van der Waals surface area contributed by atoms with Crippen molar-refractivity contribution in [1.29, 1.82) is 5.26 Å². The minimum atomic E-state index is -0.353. The highest BCUT2D eigenvalue weighted by atomic mass is 35.5. The Bertz CT molecular complexity index is 497. The molecule has 15 heavy (non-hydrogen) atoms. The number of pyridine rings is 1. The average Bonchev–Trinajstić information content (AvgIpc) is 2.24. The van der Waals surface area contributed by atoms with Gasteiger partial charge >= 0.3 is 0 Å². The molecule has 0 aliphatic heterocycles. The fourth-order valence-corrected chi connectivity index (χ4v) is 1.33. The summed E-state index contributed by atoms with van der Waals surface area (Å²) < 4.78 is 1.40. The van der Waals surface area contributed by atoms with Crippen LogP contribution in [0.2, 0.25) is 0 Å². The molecule has 0 saturated carbocycles. The molecule has 0 bridgehead atoms. The number of allylic oxidation sites excluding steroid dienone is 1. The van der Waals surface area contributed by atoms with E-state index in [9.17, 15) is 4.79 Å². The predicted molar refractivity (Wildman–Crippen MR) is 59.9 cm³/mol. The fourth-order valence-electron chi connectivity index (χ4n) is 1.14. The summed E-state index contributed by atoms with van der Waals surface area (Å²) in [5, 5.41) is 9.03. The Hall–Kier alpha value is -1.24.